The molecule has 74 heavy (non-hydrogen) atoms. The molecule has 0 aliphatic heterocycles. The van der Waals surface area contributed by atoms with Gasteiger partial charge in [-0.25, -0.2) is 0 Å². The average molecular weight is 1030 g/mol. The Bertz CT molecular complexity index is 1370. The SMILES string of the molecule is CC/C=C\C/C=C\C/C=C\C/C=C\CCC(=O)OC(COC(=O)CCCCCCCCCCCC)COC(=O)CCCCCCCCCCCCCCCCCCCCCCC/C=C\C/C=C\CCCCCCC. The summed E-state index contributed by atoms with van der Waals surface area (Å²) in [7, 11) is 0. The summed E-state index contributed by atoms with van der Waals surface area (Å²) in [6.07, 6.45) is 81.0. The summed E-state index contributed by atoms with van der Waals surface area (Å²) in [4.78, 5) is 38.0. The van der Waals surface area contributed by atoms with Gasteiger partial charge in [0.05, 0.1) is 0 Å². The van der Waals surface area contributed by atoms with Crippen molar-refractivity contribution >= 4 is 17.9 Å². The third-order valence-electron chi connectivity index (χ3n) is 14.0. The van der Waals surface area contributed by atoms with Gasteiger partial charge in [-0.3, -0.25) is 14.4 Å². The van der Waals surface area contributed by atoms with E-state index in [2.05, 4.69) is 87.6 Å². The number of esters is 3. The highest BCUT2D eigenvalue weighted by Crippen LogP contribution is 2.17. The number of rotatable bonds is 58. The van der Waals surface area contributed by atoms with Crippen LogP contribution in [0.4, 0.5) is 0 Å². The van der Waals surface area contributed by atoms with Gasteiger partial charge in [-0.2, -0.15) is 0 Å². The van der Waals surface area contributed by atoms with Gasteiger partial charge < -0.3 is 14.2 Å². The van der Waals surface area contributed by atoms with Crippen molar-refractivity contribution in [2.75, 3.05) is 13.2 Å². The van der Waals surface area contributed by atoms with Gasteiger partial charge in [-0.05, 0) is 77.0 Å². The highest BCUT2D eigenvalue weighted by molar-refractivity contribution is 5.71. The fraction of sp³-hybridized carbons (Fsp3) is 0.779. The Hall–Kier alpha value is -3.15. The molecule has 0 aliphatic carbocycles. The van der Waals surface area contributed by atoms with E-state index in [0.29, 0.717) is 19.3 Å². The molecule has 0 aliphatic rings. The van der Waals surface area contributed by atoms with Crippen LogP contribution in [0.2, 0.25) is 0 Å². The molecule has 428 valence electrons. The molecule has 1 unspecified atom stereocenters. The quantitative estimate of drug-likeness (QED) is 0.0261. The number of ether oxygens (including phenoxy) is 3. The van der Waals surface area contributed by atoms with Crippen molar-refractivity contribution < 1.29 is 28.6 Å². The fourth-order valence-corrected chi connectivity index (χ4v) is 9.20. The lowest BCUT2D eigenvalue weighted by Crippen LogP contribution is -2.30. The molecule has 0 spiro atoms. The van der Waals surface area contributed by atoms with Gasteiger partial charge in [-0.15, -0.1) is 0 Å². The van der Waals surface area contributed by atoms with Crippen LogP contribution in [-0.4, -0.2) is 37.2 Å². The van der Waals surface area contributed by atoms with Gasteiger partial charge in [0.2, 0.25) is 0 Å². The minimum absolute atomic E-state index is 0.0999. The van der Waals surface area contributed by atoms with Crippen LogP contribution >= 0.6 is 0 Å². The van der Waals surface area contributed by atoms with E-state index in [1.165, 1.54) is 205 Å². The summed E-state index contributed by atoms with van der Waals surface area (Å²) in [5.41, 5.74) is 0. The number of allylic oxidation sites excluding steroid dienone is 12. The summed E-state index contributed by atoms with van der Waals surface area (Å²) >= 11 is 0. The zero-order chi connectivity index (χ0) is 53.6. The molecule has 0 bridgehead atoms. The zero-order valence-corrected chi connectivity index (χ0v) is 49.1. The van der Waals surface area contributed by atoms with Crippen molar-refractivity contribution in [2.45, 2.75) is 329 Å². The first kappa shape index (κ1) is 70.8. The predicted octanol–water partition coefficient (Wildman–Crippen LogP) is 21.7. The standard InChI is InChI=1S/C68H120O6/c1-4-7-10-13-16-19-22-24-25-26-27-28-29-30-31-32-33-34-35-36-37-38-39-40-41-42-43-45-46-49-52-55-58-61-67(70)73-64-65(63-72-66(69)60-57-54-51-48-21-18-15-12-9-6-3)74-68(71)62-59-56-53-50-47-44-23-20-17-14-11-8-5-2/h8,11,17,20,22,24,26-27,44,47,53,56,65H,4-7,9-10,12-16,18-19,21,23,25,28-43,45-46,48-52,54-55,57-64H2,1-3H3/b11-8-,20-17-,24-22-,27-26-,47-44-,56-53-. The molecule has 0 heterocycles. The number of hydrogen-bond acceptors (Lipinski definition) is 6. The molecular formula is C68H120O6. The zero-order valence-electron chi connectivity index (χ0n) is 49.1. The van der Waals surface area contributed by atoms with Crippen molar-refractivity contribution in [1.82, 2.24) is 0 Å². The lowest BCUT2D eigenvalue weighted by molar-refractivity contribution is -0.166. The molecule has 0 N–H and O–H groups in total. The van der Waals surface area contributed by atoms with Gasteiger partial charge in [0.1, 0.15) is 13.2 Å². The largest absolute Gasteiger partial charge is 0.462 e. The van der Waals surface area contributed by atoms with Gasteiger partial charge in [0, 0.05) is 19.3 Å². The Morgan fingerprint density at radius 1 is 0.284 bits per heavy atom. The normalized spacial score (nSPS) is 12.5. The van der Waals surface area contributed by atoms with E-state index in [4.69, 9.17) is 14.2 Å². The summed E-state index contributed by atoms with van der Waals surface area (Å²) in [5.74, 6) is -0.972. The summed E-state index contributed by atoms with van der Waals surface area (Å²) in [6.45, 7) is 6.46. The lowest BCUT2D eigenvalue weighted by Gasteiger charge is -2.18. The van der Waals surface area contributed by atoms with E-state index in [-0.39, 0.29) is 37.5 Å². The van der Waals surface area contributed by atoms with Crippen molar-refractivity contribution in [3.8, 4) is 0 Å². The topological polar surface area (TPSA) is 78.9 Å². The van der Waals surface area contributed by atoms with Crippen LogP contribution in [0.5, 0.6) is 0 Å². The van der Waals surface area contributed by atoms with Gasteiger partial charge in [-0.1, -0.05) is 299 Å². The second kappa shape index (κ2) is 62.4. The molecule has 0 amide bonds. The molecule has 0 aromatic carbocycles. The average Bonchev–Trinajstić information content (AvgIpc) is 3.40. The first-order chi connectivity index (χ1) is 36.5. The van der Waals surface area contributed by atoms with E-state index in [0.717, 1.165) is 70.6 Å². The number of hydrogen-bond donors (Lipinski definition) is 0. The molecule has 6 heteroatoms. The van der Waals surface area contributed by atoms with Crippen LogP contribution in [-0.2, 0) is 28.6 Å². The van der Waals surface area contributed by atoms with Crippen molar-refractivity contribution in [3.05, 3.63) is 72.9 Å². The van der Waals surface area contributed by atoms with Crippen LogP contribution in [0.15, 0.2) is 72.9 Å². The molecule has 0 saturated heterocycles. The molecule has 0 aromatic heterocycles. The maximum Gasteiger partial charge on any atom is 0.306 e. The maximum atomic E-state index is 12.8. The second-order valence-electron chi connectivity index (χ2n) is 21.3. The molecule has 0 saturated carbocycles. The van der Waals surface area contributed by atoms with E-state index < -0.39 is 6.10 Å². The predicted molar refractivity (Wildman–Crippen MR) is 321 cm³/mol. The van der Waals surface area contributed by atoms with E-state index >= 15 is 0 Å². The van der Waals surface area contributed by atoms with Gasteiger partial charge in [0.25, 0.3) is 0 Å². The first-order valence-electron chi connectivity index (χ1n) is 31.9. The number of carbonyl (C=O) groups excluding carboxylic acids is 3. The van der Waals surface area contributed by atoms with Crippen LogP contribution in [0.3, 0.4) is 0 Å². The molecule has 0 rings (SSSR count). The van der Waals surface area contributed by atoms with E-state index in [1.807, 2.05) is 6.08 Å². The summed E-state index contributed by atoms with van der Waals surface area (Å²) < 4.78 is 16.8. The van der Waals surface area contributed by atoms with Crippen LogP contribution in [0, 0.1) is 0 Å². The van der Waals surface area contributed by atoms with Crippen LogP contribution in [0.25, 0.3) is 0 Å². The molecule has 1 atom stereocenters. The molecule has 0 aromatic rings. The lowest BCUT2D eigenvalue weighted by atomic mass is 10.0. The maximum absolute atomic E-state index is 12.8. The van der Waals surface area contributed by atoms with Gasteiger partial charge in [0.15, 0.2) is 6.10 Å². The Morgan fingerprint density at radius 2 is 0.554 bits per heavy atom. The Morgan fingerprint density at radius 3 is 0.878 bits per heavy atom. The monoisotopic (exact) mass is 1030 g/mol. The minimum atomic E-state index is -0.809. The highest BCUT2D eigenvalue weighted by atomic mass is 16.6. The number of unbranched alkanes of at least 4 members (excludes halogenated alkanes) is 35. The van der Waals surface area contributed by atoms with Gasteiger partial charge >= 0.3 is 17.9 Å². The van der Waals surface area contributed by atoms with Crippen molar-refractivity contribution in [2.24, 2.45) is 0 Å². The molecule has 0 radical (unpaired) electrons. The van der Waals surface area contributed by atoms with Crippen molar-refractivity contribution in [1.29, 1.82) is 0 Å². The Labute approximate surface area is 459 Å². The third-order valence-corrected chi connectivity index (χ3v) is 14.0. The Kier molecular flexibility index (Phi) is 59.7. The fourth-order valence-electron chi connectivity index (χ4n) is 9.20. The molecule has 0 fully saturated rings. The second-order valence-corrected chi connectivity index (χ2v) is 21.3. The minimum Gasteiger partial charge on any atom is -0.462 e. The number of carbonyl (C=O) groups is 3. The highest BCUT2D eigenvalue weighted by Gasteiger charge is 2.19. The molecular weight excluding hydrogens is 913 g/mol. The third kappa shape index (κ3) is 59.7. The van der Waals surface area contributed by atoms with E-state index in [1.54, 1.807) is 0 Å². The summed E-state index contributed by atoms with van der Waals surface area (Å²) in [5, 5.41) is 0. The van der Waals surface area contributed by atoms with Crippen LogP contribution < -0.4 is 0 Å². The summed E-state index contributed by atoms with van der Waals surface area (Å²) in [6, 6.07) is 0. The van der Waals surface area contributed by atoms with Crippen molar-refractivity contribution in [3.63, 3.8) is 0 Å². The molecule has 6 nitrogen and oxygen atoms in total. The Balaban J connectivity index is 4.05. The smallest absolute Gasteiger partial charge is 0.306 e. The van der Waals surface area contributed by atoms with Crippen LogP contribution in [0.1, 0.15) is 323 Å². The van der Waals surface area contributed by atoms with E-state index in [9.17, 15) is 14.4 Å². The first-order valence-corrected chi connectivity index (χ1v) is 31.9.